The molecule has 0 bridgehead atoms. The van der Waals surface area contributed by atoms with Crippen LogP contribution in [0.5, 0.6) is 0 Å². The molecule has 0 fully saturated rings. The number of nitrogens with two attached hydrogens (primary N) is 1. The first-order valence-corrected chi connectivity index (χ1v) is 4.14. The molecule has 0 saturated carbocycles. The summed E-state index contributed by atoms with van der Waals surface area (Å²) in [6, 6.07) is 0.338. The zero-order chi connectivity index (χ0) is 12.7. The molecule has 0 aliphatic heterocycles. The summed E-state index contributed by atoms with van der Waals surface area (Å²) < 4.78 is 73.7. The Labute approximate surface area is 90.8 Å². The summed E-state index contributed by atoms with van der Waals surface area (Å²) in [7, 11) is 0. The molecule has 0 saturated heterocycles. The topological polar surface area (TPSA) is 26.0 Å². The smallest absolute Gasteiger partial charge is 0.398 e. The number of anilines is 1. The Morgan fingerprint density at radius 3 is 1.62 bits per heavy atom. The Balaban J connectivity index is 3.53. The predicted octanol–water partition coefficient (Wildman–Crippen LogP) is 3.96. The van der Waals surface area contributed by atoms with Crippen LogP contribution >= 0.6 is 11.6 Å². The predicted molar refractivity (Wildman–Crippen MR) is 45.9 cm³/mol. The van der Waals surface area contributed by atoms with Gasteiger partial charge in [0.15, 0.2) is 0 Å². The average molecular weight is 264 g/mol. The maximum Gasteiger partial charge on any atom is 0.417 e. The minimum Gasteiger partial charge on any atom is -0.398 e. The Kier molecular flexibility index (Phi) is 3.02. The molecule has 1 aromatic carbocycles. The van der Waals surface area contributed by atoms with Gasteiger partial charge in [0.05, 0.1) is 21.8 Å². The molecule has 0 unspecified atom stereocenters. The standard InChI is InChI=1S/C8H4ClF6N/c9-5-1-3(7(10,11)12)4(2-6(5)16)8(13,14)15/h1-2H,16H2. The first-order chi connectivity index (χ1) is 7.03. The van der Waals surface area contributed by atoms with Crippen LogP contribution < -0.4 is 5.73 Å². The number of hydrogen-bond donors (Lipinski definition) is 1. The maximum atomic E-state index is 12.3. The molecule has 0 atom stereocenters. The third-order valence-corrected chi connectivity index (χ3v) is 2.07. The van der Waals surface area contributed by atoms with E-state index in [1.54, 1.807) is 0 Å². The largest absolute Gasteiger partial charge is 0.417 e. The van der Waals surface area contributed by atoms with E-state index in [2.05, 4.69) is 0 Å². The van der Waals surface area contributed by atoms with Crippen molar-refractivity contribution < 1.29 is 26.3 Å². The van der Waals surface area contributed by atoms with E-state index >= 15 is 0 Å². The lowest BCUT2D eigenvalue weighted by molar-refractivity contribution is -0.162. The molecule has 0 aliphatic rings. The number of nitrogen functional groups attached to an aromatic ring is 1. The van der Waals surface area contributed by atoms with Crippen LogP contribution in [0.3, 0.4) is 0 Å². The van der Waals surface area contributed by atoms with E-state index < -0.39 is 34.2 Å². The molecular weight excluding hydrogens is 260 g/mol. The Morgan fingerprint density at radius 2 is 1.25 bits per heavy atom. The first kappa shape index (κ1) is 13.0. The highest BCUT2D eigenvalue weighted by molar-refractivity contribution is 6.33. The molecule has 0 radical (unpaired) electrons. The second-order valence-corrected chi connectivity index (χ2v) is 3.32. The molecule has 0 aliphatic carbocycles. The molecule has 16 heavy (non-hydrogen) atoms. The molecule has 8 heteroatoms. The van der Waals surface area contributed by atoms with E-state index in [0.717, 1.165) is 0 Å². The van der Waals surface area contributed by atoms with Crippen LogP contribution in [0.4, 0.5) is 32.0 Å². The van der Waals surface area contributed by atoms with Gasteiger partial charge in [-0.25, -0.2) is 0 Å². The lowest BCUT2D eigenvalue weighted by atomic mass is 10.1. The summed E-state index contributed by atoms with van der Waals surface area (Å²) in [4.78, 5) is 0. The molecule has 90 valence electrons. The van der Waals surface area contributed by atoms with Crippen LogP contribution in [0.25, 0.3) is 0 Å². The minimum atomic E-state index is -5.14. The van der Waals surface area contributed by atoms with Crippen molar-refractivity contribution in [3.8, 4) is 0 Å². The Bertz CT molecular complexity index is 369. The van der Waals surface area contributed by atoms with E-state index in [4.69, 9.17) is 17.3 Å². The van der Waals surface area contributed by atoms with Gasteiger partial charge in [-0.05, 0) is 12.1 Å². The van der Waals surface area contributed by atoms with E-state index in [1.165, 1.54) is 0 Å². The second kappa shape index (κ2) is 3.73. The average Bonchev–Trinajstić information content (AvgIpc) is 2.05. The normalized spacial score (nSPS) is 12.9. The van der Waals surface area contributed by atoms with Gasteiger partial charge in [-0.3, -0.25) is 0 Å². The molecular formula is C8H4ClF6N. The molecule has 0 spiro atoms. The number of hydrogen-bond acceptors (Lipinski definition) is 1. The van der Waals surface area contributed by atoms with Gasteiger partial charge in [0.2, 0.25) is 0 Å². The van der Waals surface area contributed by atoms with Gasteiger partial charge in [-0.2, -0.15) is 26.3 Å². The number of alkyl halides is 6. The Hall–Kier alpha value is -1.11. The number of rotatable bonds is 0. The van der Waals surface area contributed by atoms with Crippen molar-refractivity contribution in [2.75, 3.05) is 5.73 Å². The second-order valence-electron chi connectivity index (χ2n) is 2.91. The van der Waals surface area contributed by atoms with Crippen LogP contribution in [0.1, 0.15) is 11.1 Å². The van der Waals surface area contributed by atoms with Crippen molar-refractivity contribution in [1.29, 1.82) is 0 Å². The van der Waals surface area contributed by atoms with Gasteiger partial charge in [0, 0.05) is 0 Å². The van der Waals surface area contributed by atoms with Crippen molar-refractivity contribution in [3.63, 3.8) is 0 Å². The van der Waals surface area contributed by atoms with Crippen LogP contribution in [-0.2, 0) is 12.4 Å². The highest BCUT2D eigenvalue weighted by atomic mass is 35.5. The third kappa shape index (κ3) is 2.52. The molecule has 0 heterocycles. The summed E-state index contributed by atoms with van der Waals surface area (Å²) in [5.74, 6) is 0. The maximum absolute atomic E-state index is 12.3. The zero-order valence-corrected chi connectivity index (χ0v) is 8.13. The summed E-state index contributed by atoms with van der Waals surface area (Å²) in [5, 5.41) is -0.569. The summed E-state index contributed by atoms with van der Waals surface area (Å²) in [6.07, 6.45) is -10.3. The van der Waals surface area contributed by atoms with E-state index in [0.29, 0.717) is 0 Å². The first-order valence-electron chi connectivity index (χ1n) is 3.77. The van der Waals surface area contributed by atoms with Crippen LogP contribution in [0.15, 0.2) is 12.1 Å². The Morgan fingerprint density at radius 1 is 0.875 bits per heavy atom. The van der Waals surface area contributed by atoms with Crippen molar-refractivity contribution in [1.82, 2.24) is 0 Å². The molecule has 2 N–H and O–H groups in total. The van der Waals surface area contributed by atoms with Crippen molar-refractivity contribution in [2.45, 2.75) is 12.4 Å². The van der Waals surface area contributed by atoms with Crippen molar-refractivity contribution in [3.05, 3.63) is 28.3 Å². The molecule has 1 nitrogen and oxygen atoms in total. The van der Waals surface area contributed by atoms with Gasteiger partial charge in [0.25, 0.3) is 0 Å². The molecule has 0 aromatic heterocycles. The van der Waals surface area contributed by atoms with Crippen molar-refractivity contribution >= 4 is 17.3 Å². The fraction of sp³-hybridized carbons (Fsp3) is 0.250. The lowest BCUT2D eigenvalue weighted by Gasteiger charge is -2.16. The SMILES string of the molecule is Nc1cc(C(F)(F)F)c(C(F)(F)F)cc1Cl. The lowest BCUT2D eigenvalue weighted by Crippen LogP contribution is -2.17. The molecule has 1 aromatic rings. The van der Waals surface area contributed by atoms with Gasteiger partial charge in [-0.1, -0.05) is 11.6 Å². The number of halogens is 7. The zero-order valence-electron chi connectivity index (χ0n) is 7.38. The monoisotopic (exact) mass is 263 g/mol. The van der Waals surface area contributed by atoms with E-state index in [-0.39, 0.29) is 12.1 Å². The highest BCUT2D eigenvalue weighted by Crippen LogP contribution is 2.42. The van der Waals surface area contributed by atoms with E-state index in [1.807, 2.05) is 0 Å². The highest BCUT2D eigenvalue weighted by Gasteiger charge is 2.43. The summed E-state index contributed by atoms with van der Waals surface area (Å²) in [6.45, 7) is 0. The molecule has 0 amide bonds. The van der Waals surface area contributed by atoms with Crippen LogP contribution in [0, 0.1) is 0 Å². The van der Waals surface area contributed by atoms with Gasteiger partial charge >= 0.3 is 12.4 Å². The number of benzene rings is 1. The van der Waals surface area contributed by atoms with Crippen molar-refractivity contribution in [2.24, 2.45) is 0 Å². The quantitative estimate of drug-likeness (QED) is 0.556. The summed E-state index contributed by atoms with van der Waals surface area (Å²) in [5.41, 5.74) is 0.783. The minimum absolute atomic E-state index is 0.166. The fourth-order valence-corrected chi connectivity index (χ4v) is 1.22. The fourth-order valence-electron chi connectivity index (χ4n) is 1.06. The van der Waals surface area contributed by atoms with E-state index in [9.17, 15) is 26.3 Å². The van der Waals surface area contributed by atoms with Crippen LogP contribution in [-0.4, -0.2) is 0 Å². The van der Waals surface area contributed by atoms with Gasteiger partial charge < -0.3 is 5.73 Å². The summed E-state index contributed by atoms with van der Waals surface area (Å²) >= 11 is 5.25. The third-order valence-electron chi connectivity index (χ3n) is 1.75. The van der Waals surface area contributed by atoms with Crippen LogP contribution in [0.2, 0.25) is 5.02 Å². The van der Waals surface area contributed by atoms with Gasteiger partial charge in [0.1, 0.15) is 0 Å². The molecule has 1 rings (SSSR count). The van der Waals surface area contributed by atoms with Gasteiger partial charge in [-0.15, -0.1) is 0 Å².